The first-order chi connectivity index (χ1) is 12.7. The molecule has 4 aromatic carbocycles. The quantitative estimate of drug-likeness (QED) is 0.435. The Kier molecular flexibility index (Phi) is 4.06. The second-order valence-electron chi connectivity index (χ2n) is 6.20. The van der Waals surface area contributed by atoms with Gasteiger partial charge in [0.2, 0.25) is 0 Å². The molecule has 0 aliphatic rings. The summed E-state index contributed by atoms with van der Waals surface area (Å²) in [7, 11) is -3.73. The maximum atomic E-state index is 15.6. The van der Waals surface area contributed by atoms with E-state index in [9.17, 15) is 0 Å². The second kappa shape index (κ2) is 6.40. The smallest absolute Gasteiger partial charge is 0.0297 e. The average molecular weight is 356 g/mol. The van der Waals surface area contributed by atoms with Gasteiger partial charge in [-0.15, -0.1) is 0 Å². The molecule has 0 aliphatic carbocycles. The summed E-state index contributed by atoms with van der Waals surface area (Å²) in [5.41, 5.74) is 0. The summed E-state index contributed by atoms with van der Waals surface area (Å²) in [4.78, 5) is 3.25. The highest BCUT2D eigenvalue weighted by Crippen LogP contribution is 2.55. The third kappa shape index (κ3) is 2.27. The summed E-state index contributed by atoms with van der Waals surface area (Å²) in [6.45, 7) is 0. The SMILES string of the molecule is O=S(c1ccccc1)(c1ccccc1)(c1ccccc1)c1ccccc1. The van der Waals surface area contributed by atoms with E-state index in [2.05, 4.69) is 0 Å². The van der Waals surface area contributed by atoms with Crippen molar-refractivity contribution in [1.82, 2.24) is 0 Å². The van der Waals surface area contributed by atoms with Crippen LogP contribution in [0.2, 0.25) is 0 Å². The minimum Gasteiger partial charge on any atom is -0.264 e. The Bertz CT molecular complexity index is 877. The van der Waals surface area contributed by atoms with Crippen LogP contribution in [0.25, 0.3) is 0 Å². The molecule has 0 fully saturated rings. The normalized spacial score (nSPS) is 12.8. The zero-order chi connectivity index (χ0) is 17.9. The Hall–Kier alpha value is -2.97. The fourth-order valence-electron chi connectivity index (χ4n) is 3.54. The van der Waals surface area contributed by atoms with Gasteiger partial charge in [-0.25, -0.2) is 0 Å². The molecule has 0 bridgehead atoms. The highest BCUT2D eigenvalue weighted by Gasteiger charge is 2.44. The van der Waals surface area contributed by atoms with E-state index in [0.29, 0.717) is 0 Å². The molecule has 128 valence electrons. The highest BCUT2D eigenvalue weighted by molar-refractivity contribution is 8.20. The van der Waals surface area contributed by atoms with Crippen molar-refractivity contribution >= 4 is 9.07 Å². The first-order valence-corrected chi connectivity index (χ1v) is 10.6. The van der Waals surface area contributed by atoms with Crippen molar-refractivity contribution in [2.24, 2.45) is 0 Å². The van der Waals surface area contributed by atoms with Gasteiger partial charge in [-0.05, 0) is 48.5 Å². The molecule has 0 unspecified atom stereocenters. The molecule has 0 aromatic heterocycles. The van der Waals surface area contributed by atoms with Gasteiger partial charge in [0.25, 0.3) is 0 Å². The maximum absolute atomic E-state index is 15.6. The van der Waals surface area contributed by atoms with Gasteiger partial charge < -0.3 is 0 Å². The molecule has 0 atom stereocenters. The number of rotatable bonds is 4. The molecule has 26 heavy (non-hydrogen) atoms. The number of hydrogen-bond acceptors (Lipinski definition) is 1. The fourth-order valence-corrected chi connectivity index (χ4v) is 7.88. The summed E-state index contributed by atoms with van der Waals surface area (Å²) in [6.07, 6.45) is 0. The topological polar surface area (TPSA) is 17.1 Å². The molecule has 4 aromatic rings. The highest BCUT2D eigenvalue weighted by atomic mass is 32.3. The molecule has 4 rings (SSSR count). The Balaban J connectivity index is 2.25. The summed E-state index contributed by atoms with van der Waals surface area (Å²) in [5, 5.41) is 0. The van der Waals surface area contributed by atoms with Crippen LogP contribution in [0.4, 0.5) is 0 Å². The molecule has 1 nitrogen and oxygen atoms in total. The molecular formula is C24H20OS. The van der Waals surface area contributed by atoms with Crippen molar-refractivity contribution in [2.75, 3.05) is 0 Å². The standard InChI is InChI=1S/C24H20OS/c25-26(21-13-5-1-6-14-21,22-15-7-2-8-16-22,23-17-9-3-10-18-23)24-19-11-4-12-20-24/h1-20H. The van der Waals surface area contributed by atoms with Crippen LogP contribution in [0.5, 0.6) is 0 Å². The summed E-state index contributed by atoms with van der Waals surface area (Å²) >= 11 is 0. The van der Waals surface area contributed by atoms with E-state index >= 15 is 4.21 Å². The average Bonchev–Trinajstić information content (AvgIpc) is 2.76. The molecule has 0 saturated carbocycles. The van der Waals surface area contributed by atoms with Gasteiger partial charge in [-0.1, -0.05) is 72.8 Å². The van der Waals surface area contributed by atoms with Crippen molar-refractivity contribution in [3.8, 4) is 0 Å². The Labute approximate surface area is 154 Å². The van der Waals surface area contributed by atoms with Crippen LogP contribution >= 0.6 is 0 Å². The van der Waals surface area contributed by atoms with Crippen LogP contribution < -0.4 is 0 Å². The zero-order valence-corrected chi connectivity index (χ0v) is 15.2. The fraction of sp³-hybridized carbons (Fsp3) is 0. The molecule has 2 heteroatoms. The van der Waals surface area contributed by atoms with E-state index in [1.165, 1.54) is 0 Å². The molecular weight excluding hydrogens is 336 g/mol. The van der Waals surface area contributed by atoms with Gasteiger partial charge in [0, 0.05) is 28.6 Å². The third-order valence-electron chi connectivity index (χ3n) is 4.77. The predicted octanol–water partition coefficient (Wildman–Crippen LogP) is 6.04. The van der Waals surface area contributed by atoms with Crippen molar-refractivity contribution in [2.45, 2.75) is 19.6 Å². The lowest BCUT2D eigenvalue weighted by Gasteiger charge is -2.44. The first-order valence-electron chi connectivity index (χ1n) is 8.63. The van der Waals surface area contributed by atoms with E-state index in [1.54, 1.807) is 0 Å². The number of benzene rings is 4. The zero-order valence-electron chi connectivity index (χ0n) is 14.4. The van der Waals surface area contributed by atoms with Crippen molar-refractivity contribution in [3.63, 3.8) is 0 Å². The van der Waals surface area contributed by atoms with Gasteiger partial charge >= 0.3 is 0 Å². The minimum absolute atomic E-state index is 0.813. The van der Waals surface area contributed by atoms with Crippen molar-refractivity contribution in [3.05, 3.63) is 121 Å². The predicted molar refractivity (Wildman–Crippen MR) is 107 cm³/mol. The van der Waals surface area contributed by atoms with Gasteiger partial charge in [0.05, 0.1) is 0 Å². The molecule has 0 heterocycles. The van der Waals surface area contributed by atoms with Crippen LogP contribution in [-0.2, 0) is 9.07 Å². The van der Waals surface area contributed by atoms with Crippen LogP contribution in [0.3, 0.4) is 0 Å². The second-order valence-corrected chi connectivity index (χ2v) is 9.97. The Morgan fingerprint density at radius 2 is 0.538 bits per heavy atom. The van der Waals surface area contributed by atoms with Crippen molar-refractivity contribution in [1.29, 1.82) is 0 Å². The number of hydrogen-bond donors (Lipinski definition) is 0. The van der Waals surface area contributed by atoms with E-state index in [0.717, 1.165) is 19.6 Å². The summed E-state index contributed by atoms with van der Waals surface area (Å²) in [6, 6.07) is 39.3. The Morgan fingerprint density at radius 3 is 0.731 bits per heavy atom. The van der Waals surface area contributed by atoms with Gasteiger partial charge in [0.15, 0.2) is 0 Å². The van der Waals surface area contributed by atoms with E-state index in [-0.39, 0.29) is 0 Å². The van der Waals surface area contributed by atoms with Crippen LogP contribution in [0, 0.1) is 0 Å². The lowest BCUT2D eigenvalue weighted by molar-refractivity contribution is 0.652. The molecule has 0 N–H and O–H groups in total. The van der Waals surface area contributed by atoms with Crippen LogP contribution in [0.15, 0.2) is 141 Å². The van der Waals surface area contributed by atoms with Crippen LogP contribution in [-0.4, -0.2) is 4.21 Å². The van der Waals surface area contributed by atoms with Gasteiger partial charge in [-0.3, -0.25) is 4.21 Å². The lowest BCUT2D eigenvalue weighted by atomic mass is 10.3. The maximum Gasteiger partial charge on any atom is 0.0297 e. The lowest BCUT2D eigenvalue weighted by Crippen LogP contribution is -2.34. The largest absolute Gasteiger partial charge is 0.264 e. The van der Waals surface area contributed by atoms with E-state index in [4.69, 9.17) is 0 Å². The summed E-state index contributed by atoms with van der Waals surface area (Å²) in [5.74, 6) is 0. The van der Waals surface area contributed by atoms with Crippen LogP contribution in [0.1, 0.15) is 0 Å². The first kappa shape index (κ1) is 16.5. The van der Waals surface area contributed by atoms with E-state index < -0.39 is 9.07 Å². The van der Waals surface area contributed by atoms with Gasteiger partial charge in [0.1, 0.15) is 0 Å². The summed E-state index contributed by atoms with van der Waals surface area (Å²) < 4.78 is 15.6. The third-order valence-corrected chi connectivity index (χ3v) is 9.46. The molecule has 0 amide bonds. The monoisotopic (exact) mass is 356 g/mol. The molecule has 0 spiro atoms. The van der Waals surface area contributed by atoms with Gasteiger partial charge in [-0.2, -0.15) is 0 Å². The molecule has 0 saturated heterocycles. The molecule has 0 radical (unpaired) electrons. The minimum atomic E-state index is -3.73. The molecule has 0 aliphatic heterocycles. The van der Waals surface area contributed by atoms with E-state index in [1.807, 2.05) is 121 Å². The Morgan fingerprint density at radius 1 is 0.346 bits per heavy atom. The van der Waals surface area contributed by atoms with Crippen molar-refractivity contribution < 1.29 is 4.21 Å².